The van der Waals surface area contributed by atoms with Gasteiger partial charge in [-0.3, -0.25) is 9.19 Å². The van der Waals surface area contributed by atoms with E-state index < -0.39 is 16.8 Å². The monoisotopic (exact) mass is 367 g/mol. The Kier molecular flexibility index (Phi) is 5.76. The van der Waals surface area contributed by atoms with Gasteiger partial charge in [-0.1, -0.05) is 18.2 Å². The Labute approximate surface area is 154 Å². The summed E-state index contributed by atoms with van der Waals surface area (Å²) in [6.07, 6.45) is 4.87. The molecule has 0 aliphatic rings. The number of benzene rings is 2. The lowest BCUT2D eigenvalue weighted by Crippen LogP contribution is -2.06. The number of para-hydroxylation sites is 1. The summed E-state index contributed by atoms with van der Waals surface area (Å²) < 4.78 is 22.6. The third kappa shape index (κ3) is 4.55. The Hall–Kier alpha value is -2.99. The lowest BCUT2D eigenvalue weighted by atomic mass is 10.2. The second-order valence-corrected chi connectivity index (χ2v) is 6.83. The number of rotatable bonds is 6. The van der Waals surface area contributed by atoms with E-state index >= 15 is 0 Å². The molecule has 3 rings (SSSR count). The van der Waals surface area contributed by atoms with Gasteiger partial charge in [0.15, 0.2) is 0 Å². The molecule has 0 radical (unpaired) electrons. The molecule has 1 unspecified atom stereocenters. The highest BCUT2D eigenvalue weighted by Gasteiger charge is 2.11. The smallest absolute Gasteiger partial charge is 0.338 e. The summed E-state index contributed by atoms with van der Waals surface area (Å²) in [5.41, 5.74) is 1.15. The number of aromatic nitrogens is 1. The Morgan fingerprint density at radius 2 is 1.81 bits per heavy atom. The third-order valence-corrected chi connectivity index (χ3v) is 4.55. The minimum atomic E-state index is -1.08. The Bertz CT molecular complexity index is 911. The van der Waals surface area contributed by atoms with E-state index in [2.05, 4.69) is 4.98 Å². The van der Waals surface area contributed by atoms with Crippen molar-refractivity contribution in [3.8, 4) is 11.5 Å². The zero-order valence-corrected chi connectivity index (χ0v) is 14.9. The van der Waals surface area contributed by atoms with Crippen LogP contribution in [0.4, 0.5) is 0 Å². The van der Waals surface area contributed by atoms with Crippen LogP contribution in [0.5, 0.6) is 11.5 Å². The molecule has 0 amide bonds. The van der Waals surface area contributed by atoms with E-state index in [0.29, 0.717) is 22.0 Å². The molecule has 5 nitrogen and oxygen atoms in total. The van der Waals surface area contributed by atoms with Crippen LogP contribution in [0.2, 0.25) is 0 Å². The van der Waals surface area contributed by atoms with Crippen LogP contribution in [0, 0.1) is 0 Å². The highest BCUT2D eigenvalue weighted by molar-refractivity contribution is 7.84. The molecule has 1 atom stereocenters. The molecule has 0 N–H and O–H groups in total. The van der Waals surface area contributed by atoms with E-state index in [0.717, 1.165) is 5.56 Å². The Morgan fingerprint density at radius 1 is 1.04 bits per heavy atom. The first-order valence-corrected chi connectivity index (χ1v) is 9.45. The van der Waals surface area contributed by atoms with E-state index in [9.17, 15) is 9.00 Å². The van der Waals surface area contributed by atoms with Crippen LogP contribution in [0.1, 0.15) is 15.9 Å². The van der Waals surface area contributed by atoms with Gasteiger partial charge in [0.05, 0.1) is 11.8 Å². The van der Waals surface area contributed by atoms with Crippen molar-refractivity contribution < 1.29 is 18.5 Å². The molecule has 132 valence electrons. The number of nitrogens with zero attached hydrogens (tertiary/aromatic N) is 1. The maximum atomic E-state index is 12.2. The van der Waals surface area contributed by atoms with Crippen molar-refractivity contribution in [2.75, 3.05) is 6.26 Å². The predicted molar refractivity (Wildman–Crippen MR) is 98.6 cm³/mol. The van der Waals surface area contributed by atoms with E-state index in [-0.39, 0.29) is 6.61 Å². The molecule has 3 aromatic rings. The van der Waals surface area contributed by atoms with Crippen LogP contribution in [0.25, 0.3) is 0 Å². The summed E-state index contributed by atoms with van der Waals surface area (Å²) in [4.78, 5) is 16.9. The van der Waals surface area contributed by atoms with Crippen LogP contribution >= 0.6 is 0 Å². The van der Waals surface area contributed by atoms with Crippen molar-refractivity contribution >= 4 is 16.8 Å². The third-order valence-electron chi connectivity index (χ3n) is 3.62. The minimum Gasteiger partial charge on any atom is -0.457 e. The molecule has 0 aliphatic carbocycles. The van der Waals surface area contributed by atoms with Crippen LogP contribution in [0.15, 0.2) is 78.0 Å². The maximum Gasteiger partial charge on any atom is 0.338 e. The molecule has 26 heavy (non-hydrogen) atoms. The second kappa shape index (κ2) is 8.40. The van der Waals surface area contributed by atoms with Crippen molar-refractivity contribution in [2.24, 2.45) is 0 Å². The van der Waals surface area contributed by atoms with Crippen molar-refractivity contribution in [2.45, 2.75) is 11.5 Å². The van der Waals surface area contributed by atoms with Gasteiger partial charge in [0.25, 0.3) is 0 Å². The molecular formula is C20H17NO4S. The topological polar surface area (TPSA) is 65.5 Å². The first kappa shape index (κ1) is 17.8. The SMILES string of the molecule is CS(=O)c1ccc(C(=O)OCc2ccccc2Oc2cccnc2)cc1. The number of hydrogen-bond acceptors (Lipinski definition) is 5. The highest BCUT2D eigenvalue weighted by Crippen LogP contribution is 2.25. The summed E-state index contributed by atoms with van der Waals surface area (Å²) in [7, 11) is -1.08. The van der Waals surface area contributed by atoms with Crippen molar-refractivity contribution in [3.63, 3.8) is 0 Å². The van der Waals surface area contributed by atoms with Crippen LogP contribution in [-0.4, -0.2) is 21.4 Å². The number of hydrogen-bond donors (Lipinski definition) is 0. The maximum absolute atomic E-state index is 12.2. The zero-order valence-electron chi connectivity index (χ0n) is 14.1. The second-order valence-electron chi connectivity index (χ2n) is 5.45. The average Bonchev–Trinajstić information content (AvgIpc) is 2.68. The molecular weight excluding hydrogens is 350 g/mol. The Balaban J connectivity index is 1.67. The quantitative estimate of drug-likeness (QED) is 0.617. The van der Waals surface area contributed by atoms with Crippen molar-refractivity contribution in [3.05, 3.63) is 84.2 Å². The van der Waals surface area contributed by atoms with Gasteiger partial charge in [-0.2, -0.15) is 0 Å². The van der Waals surface area contributed by atoms with Crippen molar-refractivity contribution in [1.82, 2.24) is 4.98 Å². The van der Waals surface area contributed by atoms with Gasteiger partial charge in [0, 0.05) is 33.7 Å². The van der Waals surface area contributed by atoms with Gasteiger partial charge >= 0.3 is 5.97 Å². The van der Waals surface area contributed by atoms with Gasteiger partial charge < -0.3 is 9.47 Å². The normalized spacial score (nSPS) is 11.6. The van der Waals surface area contributed by atoms with Crippen molar-refractivity contribution in [1.29, 1.82) is 0 Å². The molecule has 0 aliphatic heterocycles. The molecule has 2 aromatic carbocycles. The molecule has 6 heteroatoms. The van der Waals surface area contributed by atoms with Gasteiger partial charge in [-0.15, -0.1) is 0 Å². The first-order valence-electron chi connectivity index (χ1n) is 7.90. The van der Waals surface area contributed by atoms with Gasteiger partial charge in [-0.05, 0) is 42.5 Å². The lowest BCUT2D eigenvalue weighted by Gasteiger charge is -2.11. The minimum absolute atomic E-state index is 0.0801. The molecule has 0 spiro atoms. The van der Waals surface area contributed by atoms with E-state index in [1.165, 1.54) is 0 Å². The molecule has 0 saturated heterocycles. The number of carbonyl (C=O) groups excluding carboxylic acids is 1. The predicted octanol–water partition coefficient (Wildman–Crippen LogP) is 3.97. The largest absolute Gasteiger partial charge is 0.457 e. The van der Waals surface area contributed by atoms with E-state index in [1.54, 1.807) is 55.0 Å². The summed E-state index contributed by atoms with van der Waals surface area (Å²) in [6.45, 7) is 0.0801. The molecule has 1 heterocycles. The summed E-state index contributed by atoms with van der Waals surface area (Å²) in [6, 6.07) is 17.5. The molecule has 0 bridgehead atoms. The van der Waals surface area contributed by atoms with Crippen LogP contribution in [-0.2, 0) is 22.1 Å². The number of pyridine rings is 1. The van der Waals surface area contributed by atoms with Gasteiger partial charge in [0.1, 0.15) is 18.1 Å². The number of carbonyl (C=O) groups is 1. The standard InChI is InChI=1S/C20H17NO4S/c1-26(23)18-10-8-15(9-11-18)20(22)24-14-16-5-2-3-7-19(16)25-17-6-4-12-21-13-17/h2-13H,14H2,1H3. The van der Waals surface area contributed by atoms with E-state index in [4.69, 9.17) is 9.47 Å². The summed E-state index contributed by atoms with van der Waals surface area (Å²) in [5.74, 6) is 0.758. The number of ether oxygens (including phenoxy) is 2. The summed E-state index contributed by atoms with van der Waals surface area (Å²) in [5, 5.41) is 0. The Morgan fingerprint density at radius 3 is 2.50 bits per heavy atom. The van der Waals surface area contributed by atoms with E-state index in [1.807, 2.05) is 24.3 Å². The van der Waals surface area contributed by atoms with Crippen LogP contribution in [0.3, 0.4) is 0 Å². The van der Waals surface area contributed by atoms with Gasteiger partial charge in [-0.25, -0.2) is 4.79 Å². The fraction of sp³-hybridized carbons (Fsp3) is 0.100. The fourth-order valence-electron chi connectivity index (χ4n) is 2.27. The fourth-order valence-corrected chi connectivity index (χ4v) is 2.79. The van der Waals surface area contributed by atoms with Crippen LogP contribution < -0.4 is 4.74 Å². The van der Waals surface area contributed by atoms with Gasteiger partial charge in [0.2, 0.25) is 0 Å². The average molecular weight is 367 g/mol. The number of esters is 1. The lowest BCUT2D eigenvalue weighted by molar-refractivity contribution is 0.0470. The molecule has 1 aromatic heterocycles. The molecule has 0 saturated carbocycles. The highest BCUT2D eigenvalue weighted by atomic mass is 32.2. The summed E-state index contributed by atoms with van der Waals surface area (Å²) >= 11 is 0. The zero-order chi connectivity index (χ0) is 18.4. The molecule has 0 fully saturated rings. The first-order chi connectivity index (χ1) is 12.6.